The van der Waals surface area contributed by atoms with Gasteiger partial charge in [-0.25, -0.2) is 0 Å². The third kappa shape index (κ3) is 2.83. The van der Waals surface area contributed by atoms with Crippen molar-refractivity contribution in [3.8, 4) is 12.3 Å². The molecule has 1 aromatic rings. The number of hydrogen-bond acceptors (Lipinski definition) is 2. The lowest BCUT2D eigenvalue weighted by Gasteiger charge is -2.20. The molecule has 2 N–H and O–H groups in total. The summed E-state index contributed by atoms with van der Waals surface area (Å²) in [6.45, 7) is 0. The Hall–Kier alpha value is -1.79. The van der Waals surface area contributed by atoms with Gasteiger partial charge in [-0.3, -0.25) is 4.79 Å². The second-order valence-electron chi connectivity index (χ2n) is 3.25. The number of likely N-dealkylation sites (N-methyl/N-ethyl adjacent to an activating group) is 1. The minimum Gasteiger partial charge on any atom is -0.319 e. The molecule has 0 aliphatic heterocycles. The zero-order chi connectivity index (χ0) is 11.3. The molecule has 0 radical (unpaired) electrons. The van der Waals surface area contributed by atoms with Gasteiger partial charge in [0.25, 0.3) is 0 Å². The maximum atomic E-state index is 11.7. The smallest absolute Gasteiger partial charge is 0.244 e. The predicted octanol–water partition coefficient (Wildman–Crippen LogP) is 1.000. The normalized spacial score (nSPS) is 11.5. The molecule has 0 spiro atoms. The standard InChI is InChI=1S/C12H14N2O/c1-3-7-11(13)12(15)14(2)10-8-5-4-6-9-10/h1,4-6,8-9,11H,7,13H2,2H3. The van der Waals surface area contributed by atoms with Crippen LogP contribution in [0.15, 0.2) is 30.3 Å². The molecule has 0 saturated heterocycles. The fourth-order valence-electron chi connectivity index (χ4n) is 1.24. The number of hydrogen-bond donors (Lipinski definition) is 1. The van der Waals surface area contributed by atoms with Gasteiger partial charge >= 0.3 is 0 Å². The Morgan fingerprint density at radius 1 is 1.53 bits per heavy atom. The SMILES string of the molecule is C#CCC(N)C(=O)N(C)c1ccccc1. The molecule has 0 fully saturated rings. The van der Waals surface area contributed by atoms with Gasteiger partial charge in [0.15, 0.2) is 0 Å². The van der Waals surface area contributed by atoms with Crippen molar-refractivity contribution in [1.29, 1.82) is 0 Å². The zero-order valence-corrected chi connectivity index (χ0v) is 8.68. The average Bonchev–Trinajstić information content (AvgIpc) is 2.28. The number of terminal acetylenes is 1. The van der Waals surface area contributed by atoms with E-state index in [4.69, 9.17) is 12.2 Å². The van der Waals surface area contributed by atoms with E-state index < -0.39 is 6.04 Å². The lowest BCUT2D eigenvalue weighted by molar-refractivity contribution is -0.119. The van der Waals surface area contributed by atoms with Crippen LogP contribution >= 0.6 is 0 Å². The van der Waals surface area contributed by atoms with Crippen molar-refractivity contribution in [3.63, 3.8) is 0 Å². The van der Waals surface area contributed by atoms with Crippen molar-refractivity contribution in [3.05, 3.63) is 30.3 Å². The molecule has 0 aliphatic carbocycles. The largest absolute Gasteiger partial charge is 0.319 e. The molecule has 78 valence electrons. The van der Waals surface area contributed by atoms with Crippen molar-refractivity contribution in [1.82, 2.24) is 0 Å². The van der Waals surface area contributed by atoms with E-state index in [0.717, 1.165) is 5.69 Å². The Morgan fingerprint density at radius 2 is 2.13 bits per heavy atom. The number of anilines is 1. The molecule has 1 rings (SSSR count). The first kappa shape index (κ1) is 11.3. The van der Waals surface area contributed by atoms with Crippen LogP contribution in [0.25, 0.3) is 0 Å². The summed E-state index contributed by atoms with van der Waals surface area (Å²) in [5.74, 6) is 2.21. The highest BCUT2D eigenvalue weighted by Gasteiger charge is 2.17. The number of rotatable bonds is 3. The number of nitrogens with zero attached hydrogens (tertiary/aromatic N) is 1. The van der Waals surface area contributed by atoms with Gasteiger partial charge in [0.1, 0.15) is 0 Å². The first-order valence-corrected chi connectivity index (χ1v) is 4.68. The van der Waals surface area contributed by atoms with Crippen LogP contribution in [-0.4, -0.2) is 19.0 Å². The summed E-state index contributed by atoms with van der Waals surface area (Å²) in [4.78, 5) is 13.3. The average molecular weight is 202 g/mol. The summed E-state index contributed by atoms with van der Waals surface area (Å²) in [7, 11) is 1.69. The predicted molar refractivity (Wildman–Crippen MR) is 61.3 cm³/mol. The molecule has 0 saturated carbocycles. The van der Waals surface area contributed by atoms with Crippen LogP contribution in [0.5, 0.6) is 0 Å². The summed E-state index contributed by atoms with van der Waals surface area (Å²) in [5.41, 5.74) is 6.45. The van der Waals surface area contributed by atoms with Gasteiger partial charge in [0.2, 0.25) is 5.91 Å². The zero-order valence-electron chi connectivity index (χ0n) is 8.68. The molecule has 0 aromatic heterocycles. The van der Waals surface area contributed by atoms with Crippen molar-refractivity contribution < 1.29 is 4.79 Å². The Kier molecular flexibility index (Phi) is 3.90. The minimum atomic E-state index is -0.625. The van der Waals surface area contributed by atoms with E-state index in [-0.39, 0.29) is 12.3 Å². The molecular weight excluding hydrogens is 188 g/mol. The van der Waals surface area contributed by atoms with Gasteiger partial charge in [-0.2, -0.15) is 0 Å². The van der Waals surface area contributed by atoms with Crippen LogP contribution in [0, 0.1) is 12.3 Å². The van der Waals surface area contributed by atoms with E-state index in [1.807, 2.05) is 30.3 Å². The molecule has 15 heavy (non-hydrogen) atoms. The van der Waals surface area contributed by atoms with Gasteiger partial charge in [-0.15, -0.1) is 12.3 Å². The highest BCUT2D eigenvalue weighted by Crippen LogP contribution is 2.12. The summed E-state index contributed by atoms with van der Waals surface area (Å²) in [6.07, 6.45) is 5.37. The fraction of sp³-hybridized carbons (Fsp3) is 0.250. The molecule has 0 aliphatic rings. The molecule has 0 bridgehead atoms. The summed E-state index contributed by atoms with van der Waals surface area (Å²) in [5, 5.41) is 0. The molecular formula is C12H14N2O. The number of nitrogens with two attached hydrogens (primary N) is 1. The third-order valence-electron chi connectivity index (χ3n) is 2.13. The van der Waals surface area contributed by atoms with Crippen LogP contribution < -0.4 is 10.6 Å². The van der Waals surface area contributed by atoms with Crippen molar-refractivity contribution in [2.24, 2.45) is 5.73 Å². The van der Waals surface area contributed by atoms with Crippen LogP contribution in [0.3, 0.4) is 0 Å². The minimum absolute atomic E-state index is 0.167. The summed E-state index contributed by atoms with van der Waals surface area (Å²) < 4.78 is 0. The lowest BCUT2D eigenvalue weighted by Crippen LogP contribution is -2.41. The lowest BCUT2D eigenvalue weighted by atomic mass is 10.2. The van der Waals surface area contributed by atoms with Gasteiger partial charge in [-0.1, -0.05) is 18.2 Å². The van der Waals surface area contributed by atoms with Crippen molar-refractivity contribution >= 4 is 11.6 Å². The molecule has 1 aromatic carbocycles. The van der Waals surface area contributed by atoms with Crippen LogP contribution in [-0.2, 0) is 4.79 Å². The van der Waals surface area contributed by atoms with E-state index >= 15 is 0 Å². The van der Waals surface area contributed by atoms with E-state index in [0.29, 0.717) is 0 Å². The quantitative estimate of drug-likeness (QED) is 0.743. The van der Waals surface area contributed by atoms with Crippen molar-refractivity contribution in [2.75, 3.05) is 11.9 Å². The third-order valence-corrected chi connectivity index (χ3v) is 2.13. The highest BCUT2D eigenvalue weighted by molar-refractivity contribution is 5.96. The van der Waals surface area contributed by atoms with Gasteiger partial charge in [0.05, 0.1) is 6.04 Å². The van der Waals surface area contributed by atoms with Crippen LogP contribution in [0.1, 0.15) is 6.42 Å². The molecule has 1 atom stereocenters. The van der Waals surface area contributed by atoms with Gasteiger partial charge < -0.3 is 10.6 Å². The number of carbonyl (C=O) groups is 1. The maximum Gasteiger partial charge on any atom is 0.244 e. The van der Waals surface area contributed by atoms with Gasteiger partial charge in [0, 0.05) is 19.2 Å². The summed E-state index contributed by atoms with van der Waals surface area (Å²) >= 11 is 0. The number of carbonyl (C=O) groups excluding carboxylic acids is 1. The monoisotopic (exact) mass is 202 g/mol. The molecule has 3 heteroatoms. The van der Waals surface area contributed by atoms with E-state index in [1.165, 1.54) is 4.90 Å². The maximum absolute atomic E-state index is 11.7. The molecule has 1 amide bonds. The molecule has 0 heterocycles. The first-order chi connectivity index (χ1) is 7.16. The fourth-order valence-corrected chi connectivity index (χ4v) is 1.24. The Labute approximate surface area is 89.9 Å². The Morgan fingerprint density at radius 3 is 2.67 bits per heavy atom. The topological polar surface area (TPSA) is 46.3 Å². The first-order valence-electron chi connectivity index (χ1n) is 4.68. The van der Waals surface area contributed by atoms with Gasteiger partial charge in [-0.05, 0) is 12.1 Å². The van der Waals surface area contributed by atoms with Crippen molar-refractivity contribution in [2.45, 2.75) is 12.5 Å². The van der Waals surface area contributed by atoms with E-state index in [9.17, 15) is 4.79 Å². The Bertz CT molecular complexity index is 367. The summed E-state index contributed by atoms with van der Waals surface area (Å²) in [6, 6.07) is 8.70. The number of amides is 1. The number of benzene rings is 1. The second-order valence-corrected chi connectivity index (χ2v) is 3.25. The molecule has 1 unspecified atom stereocenters. The van der Waals surface area contributed by atoms with Crippen LogP contribution in [0.4, 0.5) is 5.69 Å². The Balaban J connectivity index is 2.74. The van der Waals surface area contributed by atoms with E-state index in [2.05, 4.69) is 5.92 Å². The second kappa shape index (κ2) is 5.18. The van der Waals surface area contributed by atoms with Crippen LogP contribution in [0.2, 0.25) is 0 Å². The molecule has 3 nitrogen and oxygen atoms in total. The number of para-hydroxylation sites is 1. The van der Waals surface area contributed by atoms with E-state index in [1.54, 1.807) is 7.05 Å². The highest BCUT2D eigenvalue weighted by atomic mass is 16.2.